The van der Waals surface area contributed by atoms with Crippen LogP contribution in [0.1, 0.15) is 50.5 Å². The van der Waals surface area contributed by atoms with Gasteiger partial charge in [0.15, 0.2) is 0 Å². The fourth-order valence-corrected chi connectivity index (χ4v) is 3.44. The predicted octanol–water partition coefficient (Wildman–Crippen LogP) is 4.82. The molecule has 0 heterocycles. The SMILES string of the molecule is NC(CCC1CCCCC1)Cc1cccc(F)c1Br. The Kier molecular flexibility index (Phi) is 5.83. The lowest BCUT2D eigenvalue weighted by molar-refractivity contribution is 0.323. The summed E-state index contributed by atoms with van der Waals surface area (Å²) < 4.78 is 14.0. The van der Waals surface area contributed by atoms with E-state index in [2.05, 4.69) is 15.9 Å². The smallest absolute Gasteiger partial charge is 0.137 e. The molecule has 3 heteroatoms. The molecular formula is C16H23BrFN. The van der Waals surface area contributed by atoms with Gasteiger partial charge in [0, 0.05) is 6.04 Å². The van der Waals surface area contributed by atoms with Crippen molar-refractivity contribution >= 4 is 15.9 Å². The lowest BCUT2D eigenvalue weighted by Gasteiger charge is -2.23. The summed E-state index contributed by atoms with van der Waals surface area (Å²) in [5.41, 5.74) is 7.18. The number of rotatable bonds is 5. The van der Waals surface area contributed by atoms with Crippen LogP contribution in [0.5, 0.6) is 0 Å². The molecule has 1 atom stereocenters. The molecule has 1 nitrogen and oxygen atoms in total. The second-order valence-electron chi connectivity index (χ2n) is 5.76. The molecule has 1 aromatic carbocycles. The van der Waals surface area contributed by atoms with Crippen molar-refractivity contribution in [3.05, 3.63) is 34.1 Å². The number of halogens is 2. The molecule has 1 fully saturated rings. The largest absolute Gasteiger partial charge is 0.327 e. The normalized spacial score (nSPS) is 18.5. The van der Waals surface area contributed by atoms with E-state index in [1.165, 1.54) is 44.6 Å². The molecule has 2 N–H and O–H groups in total. The first-order valence-corrected chi connectivity index (χ1v) is 8.14. The summed E-state index contributed by atoms with van der Waals surface area (Å²) in [4.78, 5) is 0. The summed E-state index contributed by atoms with van der Waals surface area (Å²) in [6.07, 6.45) is 9.95. The molecule has 0 spiro atoms. The van der Waals surface area contributed by atoms with E-state index in [0.29, 0.717) is 4.47 Å². The van der Waals surface area contributed by atoms with Gasteiger partial charge in [-0.2, -0.15) is 0 Å². The second kappa shape index (κ2) is 7.39. The Morgan fingerprint density at radius 2 is 2.00 bits per heavy atom. The lowest BCUT2D eigenvalue weighted by Crippen LogP contribution is -2.24. The van der Waals surface area contributed by atoms with Crippen LogP contribution in [0.3, 0.4) is 0 Å². The summed E-state index contributed by atoms with van der Waals surface area (Å²) in [5.74, 6) is 0.674. The Morgan fingerprint density at radius 1 is 1.26 bits per heavy atom. The van der Waals surface area contributed by atoms with E-state index in [1.807, 2.05) is 6.07 Å². The summed E-state index contributed by atoms with van der Waals surface area (Å²) in [5, 5.41) is 0. The van der Waals surface area contributed by atoms with Gasteiger partial charge in [0.1, 0.15) is 5.82 Å². The third kappa shape index (κ3) is 4.57. The third-order valence-electron chi connectivity index (χ3n) is 4.18. The average molecular weight is 328 g/mol. The molecule has 0 aliphatic heterocycles. The van der Waals surface area contributed by atoms with Gasteiger partial charge in [0.2, 0.25) is 0 Å². The van der Waals surface area contributed by atoms with Crippen molar-refractivity contribution < 1.29 is 4.39 Å². The minimum Gasteiger partial charge on any atom is -0.327 e. The molecule has 0 radical (unpaired) electrons. The Balaban J connectivity index is 1.80. The number of hydrogen-bond donors (Lipinski definition) is 1. The topological polar surface area (TPSA) is 26.0 Å². The summed E-state index contributed by atoms with van der Waals surface area (Å²) in [6.45, 7) is 0. The van der Waals surface area contributed by atoms with Crippen molar-refractivity contribution in [1.82, 2.24) is 0 Å². The van der Waals surface area contributed by atoms with Crippen LogP contribution in [0.2, 0.25) is 0 Å². The van der Waals surface area contributed by atoms with Crippen LogP contribution >= 0.6 is 15.9 Å². The number of nitrogens with two attached hydrogens (primary N) is 1. The van der Waals surface area contributed by atoms with Crippen LogP contribution in [-0.4, -0.2) is 6.04 Å². The molecule has 0 saturated heterocycles. The van der Waals surface area contributed by atoms with Crippen molar-refractivity contribution in [1.29, 1.82) is 0 Å². The van der Waals surface area contributed by atoms with Gasteiger partial charge in [-0.25, -0.2) is 4.39 Å². The molecule has 1 aromatic rings. The lowest BCUT2D eigenvalue weighted by atomic mass is 9.85. The van der Waals surface area contributed by atoms with Gasteiger partial charge >= 0.3 is 0 Å². The van der Waals surface area contributed by atoms with Crippen molar-refractivity contribution in [2.45, 2.75) is 57.4 Å². The van der Waals surface area contributed by atoms with Crippen LogP contribution in [-0.2, 0) is 6.42 Å². The highest BCUT2D eigenvalue weighted by molar-refractivity contribution is 9.10. The van der Waals surface area contributed by atoms with Gasteiger partial charge in [0.25, 0.3) is 0 Å². The zero-order chi connectivity index (χ0) is 13.7. The van der Waals surface area contributed by atoms with Gasteiger partial charge in [0.05, 0.1) is 4.47 Å². The Bertz CT molecular complexity index is 402. The van der Waals surface area contributed by atoms with Crippen molar-refractivity contribution in [2.75, 3.05) is 0 Å². The monoisotopic (exact) mass is 327 g/mol. The van der Waals surface area contributed by atoms with Crippen molar-refractivity contribution in [3.8, 4) is 0 Å². The maximum absolute atomic E-state index is 13.4. The van der Waals surface area contributed by atoms with E-state index in [1.54, 1.807) is 6.07 Å². The van der Waals surface area contributed by atoms with Crippen molar-refractivity contribution in [3.63, 3.8) is 0 Å². The summed E-state index contributed by atoms with van der Waals surface area (Å²) in [7, 11) is 0. The zero-order valence-electron chi connectivity index (χ0n) is 11.4. The van der Waals surface area contributed by atoms with E-state index in [9.17, 15) is 4.39 Å². The molecule has 1 aliphatic carbocycles. The summed E-state index contributed by atoms with van der Waals surface area (Å²) >= 11 is 3.31. The second-order valence-corrected chi connectivity index (χ2v) is 6.55. The molecule has 0 aromatic heterocycles. The predicted molar refractivity (Wildman–Crippen MR) is 81.6 cm³/mol. The minimum absolute atomic E-state index is 0.139. The highest BCUT2D eigenvalue weighted by Gasteiger charge is 2.15. The van der Waals surface area contributed by atoms with E-state index in [-0.39, 0.29) is 11.9 Å². The average Bonchev–Trinajstić information content (AvgIpc) is 2.43. The molecule has 0 amide bonds. The zero-order valence-corrected chi connectivity index (χ0v) is 13.0. The first kappa shape index (κ1) is 15.0. The maximum atomic E-state index is 13.4. The first-order valence-electron chi connectivity index (χ1n) is 7.35. The van der Waals surface area contributed by atoms with Gasteiger partial charge in [-0.3, -0.25) is 0 Å². The van der Waals surface area contributed by atoms with Crippen LogP contribution in [0.25, 0.3) is 0 Å². The quantitative estimate of drug-likeness (QED) is 0.824. The van der Waals surface area contributed by atoms with E-state index >= 15 is 0 Å². The molecule has 0 bridgehead atoms. The van der Waals surface area contributed by atoms with Crippen LogP contribution in [0.15, 0.2) is 22.7 Å². The van der Waals surface area contributed by atoms with Gasteiger partial charge < -0.3 is 5.73 Å². The molecule has 19 heavy (non-hydrogen) atoms. The molecule has 2 rings (SSSR count). The van der Waals surface area contributed by atoms with E-state index in [0.717, 1.165) is 24.3 Å². The molecule has 106 valence electrons. The fourth-order valence-electron chi connectivity index (χ4n) is 3.02. The Hall–Kier alpha value is -0.410. The first-order chi connectivity index (χ1) is 9.16. The van der Waals surface area contributed by atoms with Crippen molar-refractivity contribution in [2.24, 2.45) is 11.7 Å². The van der Waals surface area contributed by atoms with E-state index in [4.69, 9.17) is 5.73 Å². The van der Waals surface area contributed by atoms with Gasteiger partial charge in [-0.15, -0.1) is 0 Å². The molecular weight excluding hydrogens is 305 g/mol. The Labute approximate surface area is 123 Å². The van der Waals surface area contributed by atoms with Gasteiger partial charge in [-0.1, -0.05) is 44.2 Å². The standard InChI is InChI=1S/C16H23BrFN/c17-16-13(7-4-8-15(16)18)11-14(19)10-9-12-5-2-1-3-6-12/h4,7-8,12,14H,1-3,5-6,9-11,19H2. The molecule has 1 aliphatic rings. The third-order valence-corrected chi connectivity index (χ3v) is 5.07. The highest BCUT2D eigenvalue weighted by atomic mass is 79.9. The number of hydrogen-bond acceptors (Lipinski definition) is 1. The molecule has 1 saturated carbocycles. The van der Waals surface area contributed by atoms with Crippen LogP contribution < -0.4 is 5.73 Å². The van der Waals surface area contributed by atoms with E-state index < -0.39 is 0 Å². The minimum atomic E-state index is -0.197. The Morgan fingerprint density at radius 3 is 2.74 bits per heavy atom. The van der Waals surface area contributed by atoms with Crippen LogP contribution in [0.4, 0.5) is 4.39 Å². The number of benzene rings is 1. The van der Waals surface area contributed by atoms with Crippen LogP contribution in [0, 0.1) is 11.7 Å². The van der Waals surface area contributed by atoms with Gasteiger partial charge in [-0.05, 0) is 52.7 Å². The maximum Gasteiger partial charge on any atom is 0.137 e. The molecule has 1 unspecified atom stereocenters. The summed E-state index contributed by atoms with van der Waals surface area (Å²) in [6, 6.07) is 5.32. The highest BCUT2D eigenvalue weighted by Crippen LogP contribution is 2.28. The fraction of sp³-hybridized carbons (Fsp3) is 0.625.